The average molecular weight is 457 g/mol. The summed E-state index contributed by atoms with van der Waals surface area (Å²) in [7, 11) is 0. The number of nitrogens with zero attached hydrogens (tertiary/aromatic N) is 1. The summed E-state index contributed by atoms with van der Waals surface area (Å²) >= 11 is 0. The number of benzene rings is 3. The van der Waals surface area contributed by atoms with Crippen LogP contribution in [0, 0.1) is 13.8 Å². The molecule has 34 heavy (non-hydrogen) atoms. The minimum absolute atomic E-state index is 0.0402. The zero-order chi connectivity index (χ0) is 24.5. The van der Waals surface area contributed by atoms with Crippen molar-refractivity contribution in [2.75, 3.05) is 0 Å². The minimum Gasteiger partial charge on any atom is -0.352 e. The summed E-state index contributed by atoms with van der Waals surface area (Å²) in [6.45, 7) is 8.50. The van der Waals surface area contributed by atoms with E-state index in [2.05, 4.69) is 11.4 Å². The van der Waals surface area contributed by atoms with E-state index in [1.54, 1.807) is 4.90 Å². The molecule has 2 atom stereocenters. The van der Waals surface area contributed by atoms with Gasteiger partial charge < -0.3 is 10.2 Å². The van der Waals surface area contributed by atoms with Gasteiger partial charge in [-0.1, -0.05) is 96.9 Å². The summed E-state index contributed by atoms with van der Waals surface area (Å²) in [4.78, 5) is 29.0. The molecule has 0 aliphatic heterocycles. The van der Waals surface area contributed by atoms with Gasteiger partial charge in [0.25, 0.3) is 0 Å². The maximum Gasteiger partial charge on any atom is 0.243 e. The van der Waals surface area contributed by atoms with Gasteiger partial charge in [0.2, 0.25) is 11.8 Å². The molecular formula is C30H36N2O2. The topological polar surface area (TPSA) is 49.4 Å². The molecule has 0 aliphatic carbocycles. The maximum absolute atomic E-state index is 13.8. The fourth-order valence-electron chi connectivity index (χ4n) is 4.10. The van der Waals surface area contributed by atoms with Gasteiger partial charge in [0.1, 0.15) is 6.04 Å². The molecule has 0 bridgehead atoms. The lowest BCUT2D eigenvalue weighted by Crippen LogP contribution is -2.52. The van der Waals surface area contributed by atoms with Crippen LogP contribution in [0.3, 0.4) is 0 Å². The van der Waals surface area contributed by atoms with Crippen molar-refractivity contribution in [1.82, 2.24) is 10.2 Å². The molecule has 3 aromatic carbocycles. The molecular weight excluding hydrogens is 420 g/mol. The average Bonchev–Trinajstić information content (AvgIpc) is 2.81. The van der Waals surface area contributed by atoms with Crippen LogP contribution in [-0.4, -0.2) is 28.8 Å². The highest BCUT2D eigenvalue weighted by atomic mass is 16.2. The van der Waals surface area contributed by atoms with Crippen LogP contribution in [0.1, 0.15) is 48.1 Å². The summed E-state index contributed by atoms with van der Waals surface area (Å²) in [5, 5.41) is 3.12. The van der Waals surface area contributed by atoms with E-state index in [-0.39, 0.29) is 24.3 Å². The van der Waals surface area contributed by atoms with Crippen LogP contribution < -0.4 is 5.32 Å². The van der Waals surface area contributed by atoms with Gasteiger partial charge in [-0.3, -0.25) is 9.59 Å². The Labute approximate surface area is 204 Å². The zero-order valence-electron chi connectivity index (χ0n) is 20.8. The first kappa shape index (κ1) is 25.2. The second-order valence-corrected chi connectivity index (χ2v) is 9.20. The molecule has 0 heterocycles. The predicted molar refractivity (Wildman–Crippen MR) is 138 cm³/mol. The van der Waals surface area contributed by atoms with Crippen LogP contribution in [0.2, 0.25) is 0 Å². The van der Waals surface area contributed by atoms with Gasteiger partial charge >= 0.3 is 0 Å². The van der Waals surface area contributed by atoms with Crippen molar-refractivity contribution in [3.63, 3.8) is 0 Å². The van der Waals surface area contributed by atoms with Gasteiger partial charge in [-0.25, -0.2) is 0 Å². The molecule has 0 saturated heterocycles. The number of aryl methyl sites for hydroxylation is 2. The Balaban J connectivity index is 1.97. The first-order valence-corrected chi connectivity index (χ1v) is 12.1. The van der Waals surface area contributed by atoms with E-state index >= 15 is 0 Å². The van der Waals surface area contributed by atoms with Crippen LogP contribution >= 0.6 is 0 Å². The molecule has 0 aromatic heterocycles. The van der Waals surface area contributed by atoms with Crippen LogP contribution in [0.4, 0.5) is 0 Å². The van der Waals surface area contributed by atoms with Gasteiger partial charge in [0, 0.05) is 19.0 Å². The third-order valence-electron chi connectivity index (χ3n) is 6.15. The SMILES string of the molecule is CC[C@@H](C)NC(=O)[C@@H](Cc1ccccc1)N(Cc1cccc(C)c1)C(=O)Cc1cccc(C)c1. The monoisotopic (exact) mass is 456 g/mol. The summed E-state index contributed by atoms with van der Waals surface area (Å²) in [6.07, 6.45) is 1.56. The minimum atomic E-state index is -0.603. The Morgan fingerprint density at radius 3 is 2.03 bits per heavy atom. The van der Waals surface area contributed by atoms with E-state index in [1.807, 2.05) is 100 Å². The van der Waals surface area contributed by atoms with Crippen LogP contribution in [0.25, 0.3) is 0 Å². The van der Waals surface area contributed by atoms with E-state index in [0.29, 0.717) is 13.0 Å². The summed E-state index contributed by atoms with van der Waals surface area (Å²) < 4.78 is 0. The van der Waals surface area contributed by atoms with Gasteiger partial charge in [0.05, 0.1) is 6.42 Å². The lowest BCUT2D eigenvalue weighted by atomic mass is 10.0. The maximum atomic E-state index is 13.8. The van der Waals surface area contributed by atoms with Crippen molar-refractivity contribution in [3.8, 4) is 0 Å². The lowest BCUT2D eigenvalue weighted by molar-refractivity contribution is -0.141. The number of carbonyl (C=O) groups excluding carboxylic acids is 2. The van der Waals surface area contributed by atoms with Gasteiger partial charge in [-0.15, -0.1) is 0 Å². The number of amides is 2. The number of carbonyl (C=O) groups is 2. The molecule has 0 aliphatic rings. The number of nitrogens with one attached hydrogen (secondary N) is 1. The van der Waals surface area contributed by atoms with Crippen molar-refractivity contribution in [1.29, 1.82) is 0 Å². The van der Waals surface area contributed by atoms with E-state index in [4.69, 9.17) is 0 Å². The Kier molecular flexibility index (Phi) is 9.03. The molecule has 0 saturated carbocycles. The van der Waals surface area contributed by atoms with E-state index in [0.717, 1.165) is 34.2 Å². The molecule has 4 heteroatoms. The van der Waals surface area contributed by atoms with Crippen molar-refractivity contribution in [2.24, 2.45) is 0 Å². The highest BCUT2D eigenvalue weighted by molar-refractivity contribution is 5.89. The van der Waals surface area contributed by atoms with Crippen molar-refractivity contribution in [2.45, 2.75) is 65.6 Å². The van der Waals surface area contributed by atoms with Crippen molar-refractivity contribution in [3.05, 3.63) is 107 Å². The molecule has 0 spiro atoms. The second-order valence-electron chi connectivity index (χ2n) is 9.20. The Morgan fingerprint density at radius 2 is 1.41 bits per heavy atom. The van der Waals surface area contributed by atoms with Crippen molar-refractivity contribution >= 4 is 11.8 Å². The predicted octanol–water partition coefficient (Wildman–Crippen LogP) is 5.40. The molecule has 0 radical (unpaired) electrons. The Morgan fingerprint density at radius 1 is 0.824 bits per heavy atom. The third kappa shape index (κ3) is 7.31. The van der Waals surface area contributed by atoms with Crippen LogP contribution in [-0.2, 0) is 29.0 Å². The van der Waals surface area contributed by atoms with Gasteiger partial charge in [-0.05, 0) is 43.9 Å². The fourth-order valence-corrected chi connectivity index (χ4v) is 4.10. The lowest BCUT2D eigenvalue weighted by Gasteiger charge is -2.32. The van der Waals surface area contributed by atoms with Crippen molar-refractivity contribution < 1.29 is 9.59 Å². The molecule has 3 rings (SSSR count). The normalized spacial score (nSPS) is 12.6. The highest BCUT2D eigenvalue weighted by Crippen LogP contribution is 2.18. The Bertz CT molecular complexity index is 1090. The fraction of sp³-hybridized carbons (Fsp3) is 0.333. The zero-order valence-corrected chi connectivity index (χ0v) is 20.8. The highest BCUT2D eigenvalue weighted by Gasteiger charge is 2.31. The number of hydrogen-bond donors (Lipinski definition) is 1. The number of hydrogen-bond acceptors (Lipinski definition) is 2. The van der Waals surface area contributed by atoms with Gasteiger partial charge in [0.15, 0.2) is 0 Å². The van der Waals surface area contributed by atoms with Crippen LogP contribution in [0.15, 0.2) is 78.9 Å². The van der Waals surface area contributed by atoms with E-state index < -0.39 is 6.04 Å². The molecule has 0 unspecified atom stereocenters. The number of rotatable bonds is 10. The van der Waals surface area contributed by atoms with E-state index in [9.17, 15) is 9.59 Å². The van der Waals surface area contributed by atoms with Crippen LogP contribution in [0.5, 0.6) is 0 Å². The quantitative estimate of drug-likeness (QED) is 0.444. The largest absolute Gasteiger partial charge is 0.352 e. The summed E-state index contributed by atoms with van der Waals surface area (Å²) in [6, 6.07) is 25.5. The summed E-state index contributed by atoms with van der Waals surface area (Å²) in [5.41, 5.74) is 5.26. The Hall–Kier alpha value is -3.40. The second kappa shape index (κ2) is 12.2. The first-order chi connectivity index (χ1) is 16.4. The van der Waals surface area contributed by atoms with E-state index in [1.165, 1.54) is 0 Å². The molecule has 2 amide bonds. The molecule has 0 fully saturated rings. The van der Waals surface area contributed by atoms with Gasteiger partial charge in [-0.2, -0.15) is 0 Å². The molecule has 178 valence electrons. The standard InChI is InChI=1S/C30H36N2O2/c1-5-24(4)31-30(34)28(19-25-13-7-6-8-14-25)32(21-27-16-10-12-23(3)18-27)29(33)20-26-15-9-11-22(2)17-26/h6-18,24,28H,5,19-21H2,1-4H3,(H,31,34)/t24-,28-/m1/s1. The summed E-state index contributed by atoms with van der Waals surface area (Å²) in [5.74, 6) is -0.157. The first-order valence-electron chi connectivity index (χ1n) is 12.1. The smallest absolute Gasteiger partial charge is 0.243 e. The molecule has 4 nitrogen and oxygen atoms in total. The molecule has 3 aromatic rings. The third-order valence-corrected chi connectivity index (χ3v) is 6.15. The molecule has 1 N–H and O–H groups in total.